The number of aryl methyl sites for hydroxylation is 6. The van der Waals surface area contributed by atoms with Gasteiger partial charge in [0.05, 0.1) is 0 Å². The lowest BCUT2D eigenvalue weighted by Crippen LogP contribution is -2.11. The number of hydrogen-bond donors (Lipinski definition) is 2. The third kappa shape index (κ3) is 15.5. The maximum absolute atomic E-state index is 5.49. The van der Waals surface area contributed by atoms with Crippen LogP contribution < -0.4 is 0 Å². The molecule has 2 N–H and O–H groups in total. The van der Waals surface area contributed by atoms with Crippen molar-refractivity contribution in [3.8, 4) is 17.8 Å². The molecular weight excluding hydrogens is 831 g/mol. The average molecular weight is 856 g/mol. The zero-order valence-electron chi connectivity index (χ0n) is 30.4. The Morgan fingerprint density at radius 2 is 0.690 bits per heavy atom. The van der Waals surface area contributed by atoms with Gasteiger partial charge < -0.3 is 0 Å². The molecule has 9 heterocycles. The Morgan fingerprint density at radius 3 is 0.948 bits per heavy atom. The molecule has 0 saturated carbocycles. The second-order valence-electron chi connectivity index (χ2n) is 9.72. The van der Waals surface area contributed by atoms with Gasteiger partial charge >= 0.3 is 0 Å². The van der Waals surface area contributed by atoms with Gasteiger partial charge in [-0.3, -0.25) is 0 Å². The topological polar surface area (TPSA) is 394 Å². The summed E-state index contributed by atoms with van der Waals surface area (Å²) in [6.07, 6.45) is 6.88. The molecule has 9 rings (SSSR count). The van der Waals surface area contributed by atoms with Crippen LogP contribution >= 0.6 is 34.8 Å². The molecule has 58 heavy (non-hydrogen) atoms. The highest BCUT2D eigenvalue weighted by Gasteiger charge is 2.09. The van der Waals surface area contributed by atoms with Crippen LogP contribution in [0.1, 0.15) is 34.9 Å². The second kappa shape index (κ2) is 22.6. The summed E-state index contributed by atoms with van der Waals surface area (Å²) in [5.74, 6) is 4.70. The molecule has 0 unspecified atom stereocenters. The number of H-pyrrole nitrogens is 2. The van der Waals surface area contributed by atoms with Crippen LogP contribution in [0.2, 0.25) is 15.9 Å². The lowest BCUT2D eigenvalue weighted by atomic mass is 10.6. The van der Waals surface area contributed by atoms with Crippen molar-refractivity contribution in [2.75, 3.05) is 0 Å². The zero-order valence-corrected chi connectivity index (χ0v) is 32.7. The van der Waals surface area contributed by atoms with E-state index in [0.29, 0.717) is 52.8 Å². The predicted octanol–water partition coefficient (Wildman–Crippen LogP) is -1.38. The van der Waals surface area contributed by atoms with Crippen molar-refractivity contribution < 1.29 is 0 Å². The van der Waals surface area contributed by atoms with E-state index in [2.05, 4.69) is 148 Å². The summed E-state index contributed by atoms with van der Waals surface area (Å²) in [5, 5.41) is 56.9. The van der Waals surface area contributed by atoms with Crippen molar-refractivity contribution in [3.05, 3.63) is 82.4 Å². The van der Waals surface area contributed by atoms with Crippen molar-refractivity contribution in [1.29, 1.82) is 0 Å². The number of halogens is 3. The number of aromatic amines is 2. The van der Waals surface area contributed by atoms with Crippen LogP contribution in [-0.4, -0.2) is 162 Å². The van der Waals surface area contributed by atoms with E-state index < -0.39 is 0 Å². The molecule has 0 fully saturated rings. The first-order valence-electron chi connectivity index (χ1n) is 15.3. The molecular formula is C23H25Cl3N32. The highest BCUT2D eigenvalue weighted by atomic mass is 35.5. The van der Waals surface area contributed by atoms with Gasteiger partial charge in [0.15, 0.2) is 12.7 Å². The molecule has 0 aliphatic rings. The SMILES string of the molecule is Cc1nc(-n2cnnn2)nc(-n2cnnn2)n1.Cc1nc(C)nc(-n2cnnn2)n1.Cc1nc(C)nc(Cl)n1.Cc1nc(Cl)nc(Cl)n1.c1nn[nH]n1.c1nn[nH]n1. The van der Waals surface area contributed by atoms with E-state index in [9.17, 15) is 0 Å². The molecule has 35 heteroatoms. The van der Waals surface area contributed by atoms with Gasteiger partial charge in [0.25, 0.3) is 17.8 Å². The smallest absolute Gasteiger partial charge is 0.219 e. The zero-order chi connectivity index (χ0) is 41.7. The molecule has 0 aliphatic carbocycles. The van der Waals surface area contributed by atoms with E-state index >= 15 is 0 Å². The summed E-state index contributed by atoms with van der Waals surface area (Å²) in [5.41, 5.74) is 0. The van der Waals surface area contributed by atoms with Crippen LogP contribution in [0.4, 0.5) is 0 Å². The van der Waals surface area contributed by atoms with E-state index in [0.717, 1.165) is 0 Å². The van der Waals surface area contributed by atoms with Crippen LogP contribution in [0.25, 0.3) is 17.8 Å². The van der Waals surface area contributed by atoms with Crippen LogP contribution in [0.15, 0.2) is 31.6 Å². The van der Waals surface area contributed by atoms with E-state index in [1.54, 1.807) is 41.5 Å². The third-order valence-electron chi connectivity index (χ3n) is 5.30. The molecule has 0 saturated heterocycles. The molecule has 32 nitrogen and oxygen atoms in total. The summed E-state index contributed by atoms with van der Waals surface area (Å²) in [6, 6.07) is 0. The molecule has 0 spiro atoms. The Morgan fingerprint density at radius 1 is 0.379 bits per heavy atom. The summed E-state index contributed by atoms with van der Waals surface area (Å²) in [4.78, 5) is 46.9. The molecule has 298 valence electrons. The van der Waals surface area contributed by atoms with E-state index in [1.807, 2.05) is 0 Å². The summed E-state index contributed by atoms with van der Waals surface area (Å²) in [7, 11) is 0. The Bertz CT molecular complexity index is 2170. The lowest BCUT2D eigenvalue weighted by molar-refractivity contribution is 0.693. The van der Waals surface area contributed by atoms with Gasteiger partial charge in [0.2, 0.25) is 15.9 Å². The first-order chi connectivity index (χ1) is 27.9. The monoisotopic (exact) mass is 854 g/mol. The number of hydrogen-bond acceptors (Lipinski definition) is 27. The molecule has 0 atom stereocenters. The van der Waals surface area contributed by atoms with Crippen molar-refractivity contribution in [1.82, 2.24) is 162 Å². The maximum Gasteiger partial charge on any atom is 0.258 e. The van der Waals surface area contributed by atoms with E-state index in [4.69, 9.17) is 34.8 Å². The fraction of sp³-hybridized carbons (Fsp3) is 0.261. The number of nitrogens with one attached hydrogen (secondary N) is 2. The minimum Gasteiger partial charge on any atom is -0.219 e. The lowest BCUT2D eigenvalue weighted by Gasteiger charge is -2.01. The molecule has 0 aromatic carbocycles. The normalized spacial score (nSPS) is 9.81. The molecule has 0 aliphatic heterocycles. The summed E-state index contributed by atoms with van der Waals surface area (Å²) < 4.78 is 4.03. The number of tetrazole rings is 5. The van der Waals surface area contributed by atoms with Gasteiger partial charge in [-0.2, -0.15) is 54.4 Å². The van der Waals surface area contributed by atoms with Crippen molar-refractivity contribution >= 4 is 34.8 Å². The molecule has 0 amide bonds. The number of aromatic nitrogens is 32. The van der Waals surface area contributed by atoms with Crippen LogP contribution in [0, 0.1) is 41.5 Å². The third-order valence-corrected chi connectivity index (χ3v) is 5.80. The van der Waals surface area contributed by atoms with Gasteiger partial charge in [-0.25, -0.2) is 29.9 Å². The Labute approximate surface area is 337 Å². The van der Waals surface area contributed by atoms with Gasteiger partial charge in [-0.1, -0.05) is 10.4 Å². The Kier molecular flexibility index (Phi) is 16.7. The molecule has 0 radical (unpaired) electrons. The number of nitrogens with zero attached hydrogens (tertiary/aromatic N) is 30. The van der Waals surface area contributed by atoms with Gasteiger partial charge in [0.1, 0.15) is 53.9 Å². The molecule has 9 aromatic heterocycles. The maximum atomic E-state index is 5.49. The van der Waals surface area contributed by atoms with Crippen molar-refractivity contribution in [2.45, 2.75) is 41.5 Å². The molecule has 9 aromatic rings. The van der Waals surface area contributed by atoms with Crippen molar-refractivity contribution in [3.63, 3.8) is 0 Å². The highest BCUT2D eigenvalue weighted by Crippen LogP contribution is 2.05. The quantitative estimate of drug-likeness (QED) is 0.207. The van der Waals surface area contributed by atoms with Crippen LogP contribution in [-0.2, 0) is 0 Å². The van der Waals surface area contributed by atoms with Gasteiger partial charge in [-0.05, 0) is 108 Å². The fourth-order valence-corrected chi connectivity index (χ4v) is 4.06. The second-order valence-corrected chi connectivity index (χ2v) is 10.7. The highest BCUT2D eigenvalue weighted by molar-refractivity contribution is 6.31. The standard InChI is InChI=1S/C6H5N11.C6H7N7.C5H6ClN3.C4H3Cl2N3.2CH2N4/c1-4-9-5(16-2-7-12-14-16)11-6(10-4)17-3-8-13-15-17;1-4-8-5(2)10-6(9-4)13-3-7-11-12-13;1-3-7-4(2)9-5(6)8-3;1-2-7-3(5)9-4(6)8-2;2*1-2-4-5-3-1/h2-3H,1H3;3H,1-2H3;1-2H3;1H3;2*1H,(H,2,3,4,5). The van der Waals surface area contributed by atoms with E-state index in [-0.39, 0.29) is 15.9 Å². The first kappa shape index (κ1) is 43.0. The average Bonchev–Trinajstić information content (AvgIpc) is 4.03. The van der Waals surface area contributed by atoms with E-state index in [1.165, 1.54) is 45.7 Å². The minimum absolute atomic E-state index is 0.132. The van der Waals surface area contributed by atoms with Gasteiger partial charge in [0, 0.05) is 0 Å². The Balaban J connectivity index is 0.000000162. The first-order valence-corrected chi connectivity index (χ1v) is 16.4. The summed E-state index contributed by atoms with van der Waals surface area (Å²) >= 11 is 16.3. The Hall–Kier alpha value is -7.74. The largest absolute Gasteiger partial charge is 0.258 e. The predicted molar refractivity (Wildman–Crippen MR) is 189 cm³/mol. The number of rotatable bonds is 3. The fourth-order valence-electron chi connectivity index (χ4n) is 3.37. The minimum atomic E-state index is 0.132. The summed E-state index contributed by atoms with van der Waals surface area (Å²) in [6.45, 7) is 10.6. The van der Waals surface area contributed by atoms with Gasteiger partial charge in [-0.15, -0.1) is 35.7 Å². The van der Waals surface area contributed by atoms with Crippen molar-refractivity contribution in [2.24, 2.45) is 0 Å². The van der Waals surface area contributed by atoms with Crippen LogP contribution in [0.5, 0.6) is 0 Å². The molecule has 0 bridgehead atoms. The van der Waals surface area contributed by atoms with Crippen LogP contribution in [0.3, 0.4) is 0 Å².